The van der Waals surface area contributed by atoms with Gasteiger partial charge < -0.3 is 4.74 Å². The van der Waals surface area contributed by atoms with E-state index >= 15 is 0 Å². The van der Waals surface area contributed by atoms with Crippen LogP contribution in [0.5, 0.6) is 0 Å². The first kappa shape index (κ1) is 20.1. The van der Waals surface area contributed by atoms with Crippen LogP contribution < -0.4 is 4.90 Å². The molecule has 3 aromatic rings. The van der Waals surface area contributed by atoms with E-state index in [0.29, 0.717) is 16.7 Å². The third kappa shape index (κ3) is 4.37. The zero-order chi connectivity index (χ0) is 20.4. The van der Waals surface area contributed by atoms with Crippen LogP contribution in [0.4, 0.5) is 5.13 Å². The van der Waals surface area contributed by atoms with Crippen molar-refractivity contribution in [2.24, 2.45) is 0 Å². The highest BCUT2D eigenvalue weighted by molar-refractivity contribution is 7.22. The average Bonchev–Trinajstić information content (AvgIpc) is 3.38. The highest BCUT2D eigenvalue weighted by Gasteiger charge is 2.25. The Hall–Kier alpha value is -2.21. The van der Waals surface area contributed by atoms with Crippen LogP contribution in [0.2, 0.25) is 5.02 Å². The van der Waals surface area contributed by atoms with Gasteiger partial charge in [0.25, 0.3) is 5.91 Å². The minimum absolute atomic E-state index is 0.0440. The number of hydrogen-bond acceptors (Lipinski definition) is 4. The summed E-state index contributed by atoms with van der Waals surface area (Å²) in [6, 6.07) is 11.7. The van der Waals surface area contributed by atoms with Crippen molar-refractivity contribution in [3.8, 4) is 0 Å². The summed E-state index contributed by atoms with van der Waals surface area (Å²) in [5.74, 6) is -0.117. The first-order valence-corrected chi connectivity index (χ1v) is 10.9. The van der Waals surface area contributed by atoms with E-state index in [1.165, 1.54) is 5.56 Å². The van der Waals surface area contributed by atoms with Crippen LogP contribution in [0, 0.1) is 13.8 Å². The SMILES string of the molecule is Cc1ccc2sc(N(CC3CCCO3)C(=O)/C=C/c3ccccc3Cl)nc2c1C. The number of aryl methyl sites for hydroxylation is 2. The number of nitrogens with zero attached hydrogens (tertiary/aromatic N) is 2. The number of hydrogen-bond donors (Lipinski definition) is 0. The van der Waals surface area contributed by atoms with Crippen LogP contribution in [0.15, 0.2) is 42.5 Å². The largest absolute Gasteiger partial charge is 0.376 e. The van der Waals surface area contributed by atoms with E-state index in [2.05, 4.69) is 26.0 Å². The molecule has 1 saturated heterocycles. The van der Waals surface area contributed by atoms with E-state index in [4.69, 9.17) is 21.3 Å². The topological polar surface area (TPSA) is 42.4 Å². The van der Waals surface area contributed by atoms with E-state index in [-0.39, 0.29) is 12.0 Å². The standard InChI is InChI=1S/C23H23ClN2O2S/c1-15-9-11-20-22(16(15)2)25-23(29-20)26(14-18-7-5-13-28-18)21(27)12-10-17-6-3-4-8-19(17)24/h3-4,6,8-12,18H,5,7,13-14H2,1-2H3/b12-10+. The molecule has 0 spiro atoms. The fourth-order valence-corrected chi connectivity index (χ4v) is 4.68. The Kier molecular flexibility index (Phi) is 5.99. The first-order valence-electron chi connectivity index (χ1n) is 9.75. The maximum absolute atomic E-state index is 13.2. The Morgan fingerprint density at radius 1 is 1.31 bits per heavy atom. The summed E-state index contributed by atoms with van der Waals surface area (Å²) in [7, 11) is 0. The fraction of sp³-hybridized carbons (Fsp3) is 0.304. The summed E-state index contributed by atoms with van der Waals surface area (Å²) in [5, 5.41) is 1.33. The summed E-state index contributed by atoms with van der Waals surface area (Å²) >= 11 is 7.76. The van der Waals surface area contributed by atoms with Crippen LogP contribution in [0.25, 0.3) is 16.3 Å². The Labute approximate surface area is 179 Å². The molecule has 150 valence electrons. The zero-order valence-corrected chi connectivity index (χ0v) is 18.1. The van der Waals surface area contributed by atoms with E-state index in [1.807, 2.05) is 24.3 Å². The average molecular weight is 427 g/mol. The Morgan fingerprint density at radius 3 is 2.90 bits per heavy atom. The van der Waals surface area contributed by atoms with Crippen molar-refractivity contribution in [3.05, 3.63) is 64.2 Å². The van der Waals surface area contributed by atoms with Crippen LogP contribution in [-0.2, 0) is 9.53 Å². The quantitative estimate of drug-likeness (QED) is 0.485. The number of carbonyl (C=O) groups is 1. The molecule has 4 rings (SSSR count). The number of amides is 1. The van der Waals surface area contributed by atoms with E-state index in [1.54, 1.807) is 28.4 Å². The molecule has 29 heavy (non-hydrogen) atoms. The normalized spacial score (nSPS) is 16.7. The van der Waals surface area contributed by atoms with Gasteiger partial charge in [0, 0.05) is 17.7 Å². The summed E-state index contributed by atoms with van der Waals surface area (Å²) in [5.41, 5.74) is 4.13. The lowest BCUT2D eigenvalue weighted by Gasteiger charge is -2.21. The molecular weight excluding hydrogens is 404 g/mol. The first-order chi connectivity index (χ1) is 14.0. The number of thiazole rings is 1. The maximum Gasteiger partial charge on any atom is 0.252 e. The molecule has 1 unspecified atom stereocenters. The number of fused-ring (bicyclic) bond motifs is 1. The molecule has 1 aromatic heterocycles. The molecule has 2 aromatic carbocycles. The number of ether oxygens (including phenoxy) is 1. The van der Waals surface area contributed by atoms with Gasteiger partial charge in [-0.1, -0.05) is 47.2 Å². The molecule has 0 bridgehead atoms. The molecular formula is C23H23ClN2O2S. The van der Waals surface area contributed by atoms with Crippen LogP contribution >= 0.6 is 22.9 Å². The Morgan fingerprint density at radius 2 is 2.14 bits per heavy atom. The molecule has 1 atom stereocenters. The van der Waals surface area contributed by atoms with Gasteiger partial charge in [0.1, 0.15) is 0 Å². The van der Waals surface area contributed by atoms with Crippen molar-refractivity contribution in [2.45, 2.75) is 32.8 Å². The fourth-order valence-electron chi connectivity index (χ4n) is 3.45. The van der Waals surface area contributed by atoms with Crippen molar-refractivity contribution < 1.29 is 9.53 Å². The van der Waals surface area contributed by atoms with Crippen molar-refractivity contribution in [1.29, 1.82) is 0 Å². The predicted octanol–water partition coefficient (Wildman–Crippen LogP) is 5.79. The highest BCUT2D eigenvalue weighted by atomic mass is 35.5. The number of carbonyl (C=O) groups excluding carboxylic acids is 1. The third-order valence-electron chi connectivity index (χ3n) is 5.29. The molecule has 0 aliphatic carbocycles. The number of halogens is 1. The maximum atomic E-state index is 13.2. The van der Waals surface area contributed by atoms with Crippen molar-refractivity contribution >= 4 is 50.3 Å². The molecule has 0 radical (unpaired) electrons. The van der Waals surface area contributed by atoms with Crippen molar-refractivity contribution in [1.82, 2.24) is 4.98 Å². The Bertz CT molecular complexity index is 1070. The smallest absolute Gasteiger partial charge is 0.252 e. The summed E-state index contributed by atoms with van der Waals surface area (Å²) in [6.07, 6.45) is 5.36. The molecule has 6 heteroatoms. The molecule has 4 nitrogen and oxygen atoms in total. The molecule has 1 aliphatic rings. The summed E-state index contributed by atoms with van der Waals surface area (Å²) in [4.78, 5) is 19.7. The monoisotopic (exact) mass is 426 g/mol. The zero-order valence-electron chi connectivity index (χ0n) is 16.5. The number of anilines is 1. The highest BCUT2D eigenvalue weighted by Crippen LogP contribution is 2.33. The lowest BCUT2D eigenvalue weighted by Crippen LogP contribution is -2.36. The van der Waals surface area contributed by atoms with Gasteiger partial charge in [-0.15, -0.1) is 0 Å². The minimum atomic E-state index is -0.117. The van der Waals surface area contributed by atoms with Gasteiger partial charge in [-0.25, -0.2) is 4.98 Å². The lowest BCUT2D eigenvalue weighted by molar-refractivity contribution is -0.114. The lowest BCUT2D eigenvalue weighted by atomic mass is 10.1. The van der Waals surface area contributed by atoms with E-state index in [9.17, 15) is 4.79 Å². The second-order valence-electron chi connectivity index (χ2n) is 7.29. The van der Waals surface area contributed by atoms with Crippen LogP contribution in [0.3, 0.4) is 0 Å². The number of benzene rings is 2. The minimum Gasteiger partial charge on any atom is -0.376 e. The molecule has 1 amide bonds. The van der Waals surface area contributed by atoms with Gasteiger partial charge in [-0.3, -0.25) is 9.69 Å². The van der Waals surface area contributed by atoms with E-state index < -0.39 is 0 Å². The predicted molar refractivity (Wildman–Crippen MR) is 121 cm³/mol. The van der Waals surface area contributed by atoms with Gasteiger partial charge in [0.2, 0.25) is 0 Å². The van der Waals surface area contributed by atoms with E-state index in [0.717, 1.165) is 40.8 Å². The number of aromatic nitrogens is 1. The second kappa shape index (κ2) is 8.66. The number of rotatable bonds is 5. The van der Waals surface area contributed by atoms with Gasteiger partial charge >= 0.3 is 0 Å². The molecule has 1 fully saturated rings. The van der Waals surface area contributed by atoms with Gasteiger partial charge in [0.15, 0.2) is 5.13 Å². The van der Waals surface area contributed by atoms with Gasteiger partial charge in [-0.05, 0) is 61.6 Å². The molecule has 1 aliphatic heterocycles. The van der Waals surface area contributed by atoms with Crippen molar-refractivity contribution in [3.63, 3.8) is 0 Å². The summed E-state index contributed by atoms with van der Waals surface area (Å²) < 4.78 is 6.88. The molecule has 2 heterocycles. The molecule has 0 saturated carbocycles. The third-order valence-corrected chi connectivity index (χ3v) is 6.68. The Balaban J connectivity index is 1.67. The second-order valence-corrected chi connectivity index (χ2v) is 8.71. The van der Waals surface area contributed by atoms with Crippen LogP contribution in [0.1, 0.15) is 29.5 Å². The van der Waals surface area contributed by atoms with Gasteiger partial charge in [-0.2, -0.15) is 0 Å². The van der Waals surface area contributed by atoms with Crippen molar-refractivity contribution in [2.75, 3.05) is 18.1 Å². The van der Waals surface area contributed by atoms with Gasteiger partial charge in [0.05, 0.1) is 22.9 Å². The molecule has 0 N–H and O–H groups in total. The summed E-state index contributed by atoms with van der Waals surface area (Å²) in [6.45, 7) is 5.41. The van der Waals surface area contributed by atoms with Crippen LogP contribution in [-0.4, -0.2) is 30.1 Å².